The lowest BCUT2D eigenvalue weighted by Crippen LogP contribution is -2.49. The van der Waals surface area contributed by atoms with Gasteiger partial charge < -0.3 is 9.42 Å². The molecule has 3 aromatic heterocycles. The zero-order valence-corrected chi connectivity index (χ0v) is 16.9. The topological polar surface area (TPSA) is 75.4 Å². The van der Waals surface area contributed by atoms with E-state index in [0.29, 0.717) is 31.2 Å². The fourth-order valence-electron chi connectivity index (χ4n) is 3.31. The average molecular weight is 398 g/mol. The Kier molecular flexibility index (Phi) is 5.50. The van der Waals surface area contributed by atoms with Gasteiger partial charge in [0, 0.05) is 38.1 Å². The Bertz CT molecular complexity index is 914. The molecule has 0 aromatic carbocycles. The molecule has 1 aliphatic rings. The molecule has 1 fully saturated rings. The van der Waals surface area contributed by atoms with E-state index in [9.17, 15) is 4.79 Å². The number of piperazine rings is 1. The van der Waals surface area contributed by atoms with Crippen LogP contribution in [0.3, 0.4) is 0 Å². The van der Waals surface area contributed by atoms with Crippen molar-refractivity contribution >= 4 is 17.2 Å². The molecule has 0 spiro atoms. The van der Waals surface area contributed by atoms with E-state index >= 15 is 0 Å². The Morgan fingerprint density at radius 2 is 2.07 bits per heavy atom. The maximum atomic E-state index is 12.6. The van der Waals surface area contributed by atoms with Crippen LogP contribution in [0.1, 0.15) is 30.1 Å². The van der Waals surface area contributed by atoms with E-state index in [1.165, 1.54) is 0 Å². The molecule has 0 radical (unpaired) electrons. The zero-order valence-electron chi connectivity index (χ0n) is 16.0. The van der Waals surface area contributed by atoms with Crippen molar-refractivity contribution in [3.05, 3.63) is 53.0 Å². The van der Waals surface area contributed by atoms with Crippen LogP contribution in [0.5, 0.6) is 0 Å². The lowest BCUT2D eigenvalue weighted by Gasteiger charge is -2.36. The summed E-state index contributed by atoms with van der Waals surface area (Å²) in [7, 11) is 0. The van der Waals surface area contributed by atoms with Crippen molar-refractivity contribution in [2.24, 2.45) is 0 Å². The molecule has 0 unspecified atom stereocenters. The van der Waals surface area contributed by atoms with Gasteiger partial charge in [-0.25, -0.2) is 0 Å². The van der Waals surface area contributed by atoms with Gasteiger partial charge in [0.2, 0.25) is 17.6 Å². The molecule has 28 heavy (non-hydrogen) atoms. The summed E-state index contributed by atoms with van der Waals surface area (Å²) in [5.41, 5.74) is 1.92. The van der Waals surface area contributed by atoms with Crippen molar-refractivity contribution in [1.82, 2.24) is 24.9 Å². The molecular formula is C20H23N5O2S. The fraction of sp³-hybridized carbons (Fsp3) is 0.400. The highest BCUT2D eigenvalue weighted by Gasteiger charge is 2.27. The summed E-state index contributed by atoms with van der Waals surface area (Å²) in [6, 6.07) is 7.90. The van der Waals surface area contributed by atoms with Crippen LogP contribution in [-0.4, -0.2) is 57.0 Å². The molecule has 1 saturated heterocycles. The van der Waals surface area contributed by atoms with Gasteiger partial charge in [-0.3, -0.25) is 14.7 Å². The van der Waals surface area contributed by atoms with Gasteiger partial charge in [-0.15, -0.1) is 11.3 Å². The normalized spacial score (nSPS) is 16.3. The number of pyridine rings is 1. The summed E-state index contributed by atoms with van der Waals surface area (Å²) in [5, 5.41) is 6.10. The largest absolute Gasteiger partial charge is 0.340 e. The molecule has 146 valence electrons. The van der Waals surface area contributed by atoms with E-state index < -0.39 is 0 Å². The number of carbonyl (C=O) groups excluding carboxylic acids is 1. The third kappa shape index (κ3) is 4.13. The number of nitrogens with zero attached hydrogens (tertiary/aromatic N) is 5. The summed E-state index contributed by atoms with van der Waals surface area (Å²) in [6.07, 6.45) is 2.18. The van der Waals surface area contributed by atoms with Crippen LogP contribution >= 0.6 is 11.3 Å². The Morgan fingerprint density at radius 3 is 2.75 bits per heavy atom. The number of hydrogen-bond donors (Lipinski definition) is 0. The molecule has 4 rings (SSSR count). The summed E-state index contributed by atoms with van der Waals surface area (Å²) in [4.78, 5) is 26.6. The highest BCUT2D eigenvalue weighted by atomic mass is 32.1. The molecule has 1 atom stereocenters. The predicted octanol–water partition coefficient (Wildman–Crippen LogP) is 2.95. The summed E-state index contributed by atoms with van der Waals surface area (Å²) in [5.74, 6) is 1.40. The van der Waals surface area contributed by atoms with Gasteiger partial charge in [0.1, 0.15) is 0 Å². The average Bonchev–Trinajstić information content (AvgIpc) is 3.41. The molecule has 3 aromatic rings. The number of thiophene rings is 1. The van der Waals surface area contributed by atoms with Crippen molar-refractivity contribution in [3.8, 4) is 10.7 Å². The van der Waals surface area contributed by atoms with E-state index in [4.69, 9.17) is 4.52 Å². The predicted molar refractivity (Wildman–Crippen MR) is 107 cm³/mol. The van der Waals surface area contributed by atoms with Gasteiger partial charge in [0.05, 0.1) is 17.3 Å². The van der Waals surface area contributed by atoms with Crippen LogP contribution in [0.2, 0.25) is 0 Å². The van der Waals surface area contributed by atoms with Crippen LogP contribution in [0.4, 0.5) is 0 Å². The molecule has 8 heteroatoms. The van der Waals surface area contributed by atoms with Crippen molar-refractivity contribution < 1.29 is 9.32 Å². The van der Waals surface area contributed by atoms with Gasteiger partial charge in [0.15, 0.2) is 0 Å². The van der Waals surface area contributed by atoms with Gasteiger partial charge in [-0.1, -0.05) is 17.3 Å². The number of aromatic nitrogens is 3. The van der Waals surface area contributed by atoms with E-state index in [-0.39, 0.29) is 11.9 Å². The number of hydrogen-bond acceptors (Lipinski definition) is 7. The van der Waals surface area contributed by atoms with Gasteiger partial charge >= 0.3 is 0 Å². The van der Waals surface area contributed by atoms with Crippen molar-refractivity contribution in [3.63, 3.8) is 0 Å². The molecule has 7 nitrogen and oxygen atoms in total. The first kappa shape index (κ1) is 18.8. The summed E-state index contributed by atoms with van der Waals surface area (Å²) < 4.78 is 5.48. The number of amides is 1. The minimum atomic E-state index is 0.0276. The third-order valence-corrected chi connectivity index (χ3v) is 5.95. The smallest absolute Gasteiger partial charge is 0.244 e. The number of rotatable bonds is 5. The van der Waals surface area contributed by atoms with Crippen LogP contribution in [0, 0.1) is 6.92 Å². The Hall–Kier alpha value is -2.58. The molecule has 1 aliphatic heterocycles. The number of carbonyl (C=O) groups is 1. The first-order valence-corrected chi connectivity index (χ1v) is 10.3. The monoisotopic (exact) mass is 397 g/mol. The highest BCUT2D eigenvalue weighted by molar-refractivity contribution is 7.13. The second kappa shape index (κ2) is 8.20. The van der Waals surface area contributed by atoms with Crippen molar-refractivity contribution in [2.45, 2.75) is 26.3 Å². The van der Waals surface area contributed by atoms with Crippen LogP contribution in [0.15, 0.2) is 40.4 Å². The number of aryl methyl sites for hydroxylation is 1. The van der Waals surface area contributed by atoms with E-state index in [0.717, 1.165) is 29.2 Å². The molecule has 1 amide bonds. The minimum absolute atomic E-state index is 0.0276. The van der Waals surface area contributed by atoms with Gasteiger partial charge in [0.25, 0.3) is 0 Å². The molecule has 0 aliphatic carbocycles. The maximum Gasteiger partial charge on any atom is 0.244 e. The highest BCUT2D eigenvalue weighted by Crippen LogP contribution is 2.26. The molecule has 0 N–H and O–H groups in total. The molecular weight excluding hydrogens is 374 g/mol. The Morgan fingerprint density at radius 1 is 1.25 bits per heavy atom. The minimum Gasteiger partial charge on any atom is -0.340 e. The van der Waals surface area contributed by atoms with E-state index in [1.54, 1.807) is 17.5 Å². The van der Waals surface area contributed by atoms with Crippen LogP contribution in [-0.2, 0) is 11.2 Å². The van der Waals surface area contributed by atoms with Crippen LogP contribution in [0.25, 0.3) is 10.7 Å². The first-order chi connectivity index (χ1) is 13.6. The first-order valence-electron chi connectivity index (χ1n) is 9.41. The molecule has 0 saturated carbocycles. The second-order valence-corrected chi connectivity index (χ2v) is 7.96. The Balaban J connectivity index is 1.32. The second-order valence-electron chi connectivity index (χ2n) is 7.01. The Labute approximate surface area is 168 Å². The van der Waals surface area contributed by atoms with Gasteiger partial charge in [-0.05, 0) is 36.9 Å². The molecule has 4 heterocycles. The quantitative estimate of drug-likeness (QED) is 0.659. The fourth-order valence-corrected chi connectivity index (χ4v) is 3.96. The van der Waals surface area contributed by atoms with Crippen molar-refractivity contribution in [2.75, 3.05) is 26.2 Å². The third-order valence-electron chi connectivity index (χ3n) is 5.08. The summed E-state index contributed by atoms with van der Waals surface area (Å²) in [6.45, 7) is 6.99. The zero-order chi connectivity index (χ0) is 19.5. The lowest BCUT2D eigenvalue weighted by molar-refractivity contribution is -0.132. The lowest BCUT2D eigenvalue weighted by atomic mass is 10.1. The SMILES string of the molecule is Cc1ccc(CC(=O)N2CCN([C@H](C)c3nc(-c4cccs4)no3)CC2)cn1. The summed E-state index contributed by atoms with van der Waals surface area (Å²) >= 11 is 1.59. The van der Waals surface area contributed by atoms with Crippen LogP contribution < -0.4 is 0 Å². The standard InChI is InChI=1S/C20H23N5O2S/c1-14-5-6-16(13-21-14)12-18(26)25-9-7-24(8-10-25)15(2)20-22-19(23-27-20)17-4-3-11-28-17/h3-6,11,13,15H,7-10,12H2,1-2H3/t15-/m1/s1. The van der Waals surface area contributed by atoms with Gasteiger partial charge in [-0.2, -0.15) is 4.98 Å². The van der Waals surface area contributed by atoms with E-state index in [2.05, 4.69) is 26.9 Å². The maximum absolute atomic E-state index is 12.6. The van der Waals surface area contributed by atoms with E-state index in [1.807, 2.05) is 41.5 Å². The molecule has 0 bridgehead atoms. The van der Waals surface area contributed by atoms with Crippen molar-refractivity contribution in [1.29, 1.82) is 0 Å².